The van der Waals surface area contributed by atoms with E-state index in [2.05, 4.69) is 17.2 Å². The van der Waals surface area contributed by atoms with Crippen LogP contribution in [0.5, 0.6) is 0 Å². The minimum absolute atomic E-state index is 0.00428. The van der Waals surface area contributed by atoms with Crippen molar-refractivity contribution in [3.8, 4) is 0 Å². The molecule has 0 aliphatic carbocycles. The first-order chi connectivity index (χ1) is 16.8. The molecular weight excluding hydrogens is 462 g/mol. The van der Waals surface area contributed by atoms with Crippen molar-refractivity contribution in [1.82, 2.24) is 15.5 Å². The van der Waals surface area contributed by atoms with E-state index in [4.69, 9.17) is 9.47 Å². The quantitative estimate of drug-likeness (QED) is 0.417. The lowest BCUT2D eigenvalue weighted by atomic mass is 9.92. The Labute approximate surface area is 214 Å². The SMILES string of the molecule is C=Cc1cccc(C(C(=O)NCCC(=O)OCC)N(C(=O)CNC(=O)OC(C)(C)C)C(C)(C)CC)c1. The third kappa shape index (κ3) is 9.71. The Kier molecular flexibility index (Phi) is 11.6. The minimum atomic E-state index is -1.02. The zero-order chi connectivity index (χ0) is 27.5. The van der Waals surface area contributed by atoms with Crippen molar-refractivity contribution in [3.05, 3.63) is 42.0 Å². The van der Waals surface area contributed by atoms with E-state index in [1.54, 1.807) is 52.0 Å². The summed E-state index contributed by atoms with van der Waals surface area (Å²) in [5.41, 5.74) is -0.110. The lowest BCUT2D eigenvalue weighted by Gasteiger charge is -2.43. The molecule has 2 N–H and O–H groups in total. The van der Waals surface area contributed by atoms with E-state index >= 15 is 0 Å². The highest BCUT2D eigenvalue weighted by Crippen LogP contribution is 2.32. The summed E-state index contributed by atoms with van der Waals surface area (Å²) in [6.07, 6.45) is 1.47. The number of hydrogen-bond acceptors (Lipinski definition) is 6. The summed E-state index contributed by atoms with van der Waals surface area (Å²) in [5, 5.41) is 5.26. The van der Waals surface area contributed by atoms with Gasteiger partial charge in [0, 0.05) is 12.1 Å². The fourth-order valence-electron chi connectivity index (χ4n) is 3.44. The van der Waals surface area contributed by atoms with Crippen LogP contribution in [0.25, 0.3) is 6.08 Å². The highest BCUT2D eigenvalue weighted by atomic mass is 16.6. The van der Waals surface area contributed by atoms with Crippen molar-refractivity contribution in [3.63, 3.8) is 0 Å². The number of carbonyl (C=O) groups excluding carboxylic acids is 4. The van der Waals surface area contributed by atoms with E-state index in [-0.39, 0.29) is 26.1 Å². The van der Waals surface area contributed by atoms with Crippen molar-refractivity contribution in [2.75, 3.05) is 19.7 Å². The summed E-state index contributed by atoms with van der Waals surface area (Å²) in [6.45, 7) is 16.3. The van der Waals surface area contributed by atoms with Gasteiger partial charge in [-0.05, 0) is 65.2 Å². The Morgan fingerprint density at radius 2 is 1.75 bits per heavy atom. The van der Waals surface area contributed by atoms with Crippen molar-refractivity contribution < 1.29 is 28.7 Å². The molecule has 1 aromatic carbocycles. The zero-order valence-electron chi connectivity index (χ0n) is 22.6. The molecule has 1 unspecified atom stereocenters. The fraction of sp³-hybridized carbons (Fsp3) is 0.556. The number of ether oxygens (including phenoxy) is 2. The third-order valence-electron chi connectivity index (χ3n) is 5.47. The summed E-state index contributed by atoms with van der Waals surface area (Å²) in [5.74, 6) is -1.33. The molecule has 0 fully saturated rings. The van der Waals surface area contributed by atoms with Crippen LogP contribution < -0.4 is 10.6 Å². The van der Waals surface area contributed by atoms with E-state index in [0.717, 1.165) is 5.56 Å². The Morgan fingerprint density at radius 1 is 1.08 bits per heavy atom. The van der Waals surface area contributed by atoms with E-state index in [1.165, 1.54) is 4.90 Å². The van der Waals surface area contributed by atoms with E-state index in [0.29, 0.717) is 12.0 Å². The van der Waals surface area contributed by atoms with Crippen LogP contribution in [-0.2, 0) is 23.9 Å². The highest BCUT2D eigenvalue weighted by Gasteiger charge is 2.40. The lowest BCUT2D eigenvalue weighted by Crippen LogP contribution is -2.56. The van der Waals surface area contributed by atoms with Crippen LogP contribution in [0.4, 0.5) is 4.79 Å². The molecule has 1 rings (SSSR count). The number of benzene rings is 1. The summed E-state index contributed by atoms with van der Waals surface area (Å²) < 4.78 is 10.2. The number of carbonyl (C=O) groups is 4. The largest absolute Gasteiger partial charge is 0.466 e. The summed E-state index contributed by atoms with van der Waals surface area (Å²) in [6, 6.07) is 6.15. The molecule has 0 radical (unpaired) electrons. The predicted octanol–water partition coefficient (Wildman–Crippen LogP) is 3.98. The van der Waals surface area contributed by atoms with Crippen LogP contribution in [0.15, 0.2) is 30.8 Å². The number of amides is 3. The second-order valence-corrected chi connectivity index (χ2v) is 9.91. The molecule has 200 valence electrons. The van der Waals surface area contributed by atoms with Gasteiger partial charge in [-0.2, -0.15) is 0 Å². The van der Waals surface area contributed by atoms with E-state index in [9.17, 15) is 19.2 Å². The standard InChI is InChI=1S/C27H41N3O6/c1-9-19-13-12-14-20(17-19)23(24(33)28-16-15-22(32)35-11-3)30(27(7,8)10-2)21(31)18-29-25(34)36-26(4,5)6/h9,12-14,17,23H,1,10-11,15-16,18H2,2-8H3,(H,28,33)(H,29,34). The second-order valence-electron chi connectivity index (χ2n) is 9.91. The van der Waals surface area contributed by atoms with Crippen molar-refractivity contribution in [1.29, 1.82) is 0 Å². The summed E-state index contributed by atoms with van der Waals surface area (Å²) >= 11 is 0. The monoisotopic (exact) mass is 503 g/mol. The molecular formula is C27H41N3O6. The average Bonchev–Trinajstić information content (AvgIpc) is 2.79. The molecule has 3 amide bonds. The number of alkyl carbamates (subject to hydrolysis) is 1. The second kappa shape index (κ2) is 13.7. The Balaban J connectivity index is 3.33. The van der Waals surface area contributed by atoms with Crippen molar-refractivity contribution >= 4 is 30.0 Å². The van der Waals surface area contributed by atoms with Crippen LogP contribution in [0.1, 0.15) is 78.5 Å². The maximum absolute atomic E-state index is 13.5. The average molecular weight is 504 g/mol. The predicted molar refractivity (Wildman–Crippen MR) is 139 cm³/mol. The maximum atomic E-state index is 13.5. The van der Waals surface area contributed by atoms with Gasteiger partial charge in [-0.1, -0.05) is 37.8 Å². The van der Waals surface area contributed by atoms with Crippen LogP contribution in [0.2, 0.25) is 0 Å². The van der Waals surface area contributed by atoms with Crippen LogP contribution >= 0.6 is 0 Å². The number of nitrogens with zero attached hydrogens (tertiary/aromatic N) is 1. The lowest BCUT2D eigenvalue weighted by molar-refractivity contribution is -0.147. The number of nitrogens with one attached hydrogen (secondary N) is 2. The van der Waals surface area contributed by atoms with Gasteiger partial charge in [0.25, 0.3) is 0 Å². The molecule has 36 heavy (non-hydrogen) atoms. The van der Waals surface area contributed by atoms with Gasteiger partial charge < -0.3 is 25.0 Å². The molecule has 0 aromatic heterocycles. The normalized spacial score (nSPS) is 12.2. The maximum Gasteiger partial charge on any atom is 0.408 e. The van der Waals surface area contributed by atoms with Gasteiger partial charge in [0.05, 0.1) is 13.0 Å². The van der Waals surface area contributed by atoms with Crippen molar-refractivity contribution in [2.45, 2.75) is 78.5 Å². The van der Waals surface area contributed by atoms with E-state index in [1.807, 2.05) is 26.8 Å². The van der Waals surface area contributed by atoms with Gasteiger partial charge in [0.1, 0.15) is 18.2 Å². The smallest absolute Gasteiger partial charge is 0.408 e. The fourth-order valence-corrected chi connectivity index (χ4v) is 3.44. The van der Waals surface area contributed by atoms with Gasteiger partial charge in [0.15, 0.2) is 0 Å². The molecule has 0 aliphatic heterocycles. The number of rotatable bonds is 12. The molecule has 0 heterocycles. The number of hydrogen-bond donors (Lipinski definition) is 2. The molecule has 0 saturated heterocycles. The third-order valence-corrected chi connectivity index (χ3v) is 5.47. The van der Waals surface area contributed by atoms with Gasteiger partial charge >= 0.3 is 12.1 Å². The molecule has 0 saturated carbocycles. The van der Waals surface area contributed by atoms with Crippen molar-refractivity contribution in [2.24, 2.45) is 0 Å². The summed E-state index contributed by atoms with van der Waals surface area (Å²) in [4.78, 5) is 52.5. The first-order valence-corrected chi connectivity index (χ1v) is 12.2. The van der Waals surface area contributed by atoms with Gasteiger partial charge in [0.2, 0.25) is 11.8 Å². The van der Waals surface area contributed by atoms with Gasteiger partial charge in [-0.3, -0.25) is 14.4 Å². The Bertz CT molecular complexity index is 936. The Hall–Kier alpha value is -3.36. The topological polar surface area (TPSA) is 114 Å². The summed E-state index contributed by atoms with van der Waals surface area (Å²) in [7, 11) is 0. The molecule has 9 heteroatoms. The highest BCUT2D eigenvalue weighted by molar-refractivity contribution is 5.91. The van der Waals surface area contributed by atoms with Crippen LogP contribution in [0, 0.1) is 0 Å². The first kappa shape index (κ1) is 30.7. The van der Waals surface area contributed by atoms with Crippen LogP contribution in [0.3, 0.4) is 0 Å². The first-order valence-electron chi connectivity index (χ1n) is 12.2. The van der Waals surface area contributed by atoms with Crippen LogP contribution in [-0.4, -0.2) is 59.6 Å². The molecule has 1 atom stereocenters. The molecule has 0 bridgehead atoms. The van der Waals surface area contributed by atoms with E-state index < -0.39 is 41.1 Å². The molecule has 0 spiro atoms. The minimum Gasteiger partial charge on any atom is -0.466 e. The molecule has 9 nitrogen and oxygen atoms in total. The van der Waals surface area contributed by atoms with Gasteiger partial charge in [-0.25, -0.2) is 4.79 Å². The zero-order valence-corrected chi connectivity index (χ0v) is 22.6. The Morgan fingerprint density at radius 3 is 2.31 bits per heavy atom. The molecule has 0 aliphatic rings. The number of esters is 1. The van der Waals surface area contributed by atoms with Gasteiger partial charge in [-0.15, -0.1) is 0 Å². The molecule has 1 aromatic rings.